The number of aliphatic hydroxyl groups excluding tert-OH is 1. The first kappa shape index (κ1) is 15.1. The predicted molar refractivity (Wildman–Crippen MR) is 93.3 cm³/mol. The van der Waals surface area contributed by atoms with Crippen LogP contribution in [0.25, 0.3) is 16.2 Å². The Hall–Kier alpha value is -1.46. The average molecular weight is 328 g/mol. The molecule has 0 saturated carbocycles. The van der Waals surface area contributed by atoms with Crippen LogP contribution in [-0.2, 0) is 9.47 Å². The van der Waals surface area contributed by atoms with Gasteiger partial charge in [0.2, 0.25) is 0 Å². The third kappa shape index (κ3) is 2.56. The van der Waals surface area contributed by atoms with E-state index in [9.17, 15) is 5.11 Å². The van der Waals surface area contributed by atoms with E-state index >= 15 is 0 Å². The Morgan fingerprint density at radius 1 is 1.35 bits per heavy atom. The SMILES string of the molecule is COC1C(C=Cc2cc3ccccc3s2)=CC2(C)CC1OC2O. The summed E-state index contributed by atoms with van der Waals surface area (Å²) in [4.78, 5) is 1.21. The van der Waals surface area contributed by atoms with Crippen LogP contribution in [0.1, 0.15) is 18.2 Å². The highest BCUT2D eigenvalue weighted by Crippen LogP contribution is 2.46. The lowest BCUT2D eigenvalue weighted by molar-refractivity contribution is -0.135. The van der Waals surface area contributed by atoms with Crippen LogP contribution in [0.3, 0.4) is 0 Å². The second-order valence-electron chi connectivity index (χ2n) is 6.56. The number of thiophene rings is 1. The zero-order valence-electron chi connectivity index (χ0n) is 13.2. The second kappa shape index (κ2) is 5.56. The number of rotatable bonds is 3. The van der Waals surface area contributed by atoms with Gasteiger partial charge >= 0.3 is 0 Å². The summed E-state index contributed by atoms with van der Waals surface area (Å²) < 4.78 is 12.6. The molecule has 1 aromatic carbocycles. The molecule has 4 heteroatoms. The lowest BCUT2D eigenvalue weighted by atomic mass is 9.77. The van der Waals surface area contributed by atoms with Crippen LogP contribution in [0.15, 0.2) is 48.1 Å². The zero-order valence-corrected chi connectivity index (χ0v) is 14.0. The van der Waals surface area contributed by atoms with Crippen LogP contribution in [0.5, 0.6) is 0 Å². The van der Waals surface area contributed by atoms with Gasteiger partial charge in [-0.3, -0.25) is 0 Å². The van der Waals surface area contributed by atoms with Gasteiger partial charge in [-0.1, -0.05) is 37.3 Å². The molecule has 1 aromatic heterocycles. The van der Waals surface area contributed by atoms with E-state index in [1.807, 2.05) is 6.92 Å². The standard InChI is InChI=1S/C19H20O3S/c1-19-10-13(17(21-2)15(11-19)22-18(19)20)7-8-14-9-12-5-3-4-6-16(12)23-14/h3-10,15,17-18,20H,11H2,1-2H3. The minimum Gasteiger partial charge on any atom is -0.374 e. The molecule has 1 aliphatic carbocycles. The Labute approximate surface area is 139 Å². The average Bonchev–Trinajstić information content (AvgIpc) is 3.04. The molecule has 2 aliphatic rings. The number of benzene rings is 1. The molecular formula is C19H20O3S. The molecule has 4 rings (SSSR count). The fourth-order valence-corrected chi connectivity index (χ4v) is 4.55. The van der Waals surface area contributed by atoms with E-state index in [2.05, 4.69) is 48.6 Å². The Balaban J connectivity index is 1.66. The van der Waals surface area contributed by atoms with Gasteiger partial charge in [-0.2, -0.15) is 0 Å². The summed E-state index contributed by atoms with van der Waals surface area (Å²) in [6.07, 6.45) is 6.19. The van der Waals surface area contributed by atoms with Gasteiger partial charge in [-0.05, 0) is 35.6 Å². The van der Waals surface area contributed by atoms with Crippen LogP contribution >= 0.6 is 11.3 Å². The molecule has 1 aliphatic heterocycles. The number of aliphatic hydroxyl groups is 1. The van der Waals surface area contributed by atoms with Crippen molar-refractivity contribution in [2.75, 3.05) is 7.11 Å². The molecule has 0 spiro atoms. The predicted octanol–water partition coefficient (Wildman–Crippen LogP) is 3.98. The van der Waals surface area contributed by atoms with Crippen molar-refractivity contribution in [3.63, 3.8) is 0 Å². The van der Waals surface area contributed by atoms with Gasteiger partial charge < -0.3 is 14.6 Å². The van der Waals surface area contributed by atoms with Gasteiger partial charge in [0.15, 0.2) is 6.29 Å². The number of ether oxygens (including phenoxy) is 2. The molecule has 0 radical (unpaired) electrons. The van der Waals surface area contributed by atoms with Crippen molar-refractivity contribution in [2.24, 2.45) is 5.41 Å². The molecule has 120 valence electrons. The Bertz CT molecular complexity index is 758. The lowest BCUT2D eigenvalue weighted by Crippen LogP contribution is -2.33. The lowest BCUT2D eigenvalue weighted by Gasteiger charge is -2.30. The van der Waals surface area contributed by atoms with Crippen molar-refractivity contribution in [2.45, 2.75) is 31.8 Å². The maximum absolute atomic E-state index is 10.1. The van der Waals surface area contributed by atoms with Crippen LogP contribution in [0.4, 0.5) is 0 Å². The van der Waals surface area contributed by atoms with Gasteiger partial charge in [-0.25, -0.2) is 0 Å². The monoisotopic (exact) mass is 328 g/mol. The third-order valence-electron chi connectivity index (χ3n) is 4.81. The van der Waals surface area contributed by atoms with Gasteiger partial charge in [-0.15, -0.1) is 11.3 Å². The second-order valence-corrected chi connectivity index (χ2v) is 7.67. The van der Waals surface area contributed by atoms with E-state index in [-0.39, 0.29) is 17.6 Å². The molecule has 23 heavy (non-hydrogen) atoms. The zero-order chi connectivity index (χ0) is 16.0. The number of methoxy groups -OCH3 is 1. The number of hydrogen-bond acceptors (Lipinski definition) is 4. The Morgan fingerprint density at radius 2 is 2.17 bits per heavy atom. The van der Waals surface area contributed by atoms with Crippen LogP contribution in [-0.4, -0.2) is 30.7 Å². The normalized spacial score (nSPS) is 33.5. The molecule has 1 saturated heterocycles. The van der Waals surface area contributed by atoms with Crippen molar-refractivity contribution >= 4 is 27.5 Å². The molecule has 4 atom stereocenters. The number of hydrogen-bond donors (Lipinski definition) is 1. The molecular weight excluding hydrogens is 308 g/mol. The summed E-state index contributed by atoms with van der Waals surface area (Å²) in [6.45, 7) is 2.04. The molecule has 2 aromatic rings. The van der Waals surface area contributed by atoms with Crippen molar-refractivity contribution in [1.29, 1.82) is 0 Å². The molecule has 2 bridgehead atoms. The molecule has 1 fully saturated rings. The largest absolute Gasteiger partial charge is 0.374 e. The van der Waals surface area contributed by atoms with Crippen molar-refractivity contribution in [3.05, 3.63) is 52.9 Å². The van der Waals surface area contributed by atoms with Crippen molar-refractivity contribution in [3.8, 4) is 0 Å². The maximum Gasteiger partial charge on any atom is 0.163 e. The van der Waals surface area contributed by atoms with E-state index in [1.165, 1.54) is 15.0 Å². The highest BCUT2D eigenvalue weighted by atomic mass is 32.1. The van der Waals surface area contributed by atoms with E-state index in [0.717, 1.165) is 12.0 Å². The van der Waals surface area contributed by atoms with E-state index in [0.29, 0.717) is 0 Å². The first-order valence-electron chi connectivity index (χ1n) is 7.85. The summed E-state index contributed by atoms with van der Waals surface area (Å²) in [5, 5.41) is 11.4. The van der Waals surface area contributed by atoms with Gasteiger partial charge in [0.05, 0.1) is 6.10 Å². The third-order valence-corrected chi connectivity index (χ3v) is 5.89. The van der Waals surface area contributed by atoms with E-state index in [4.69, 9.17) is 9.47 Å². The summed E-state index contributed by atoms with van der Waals surface area (Å²) in [6, 6.07) is 10.6. The van der Waals surface area contributed by atoms with Crippen LogP contribution in [0.2, 0.25) is 0 Å². The molecule has 4 unspecified atom stereocenters. The fourth-order valence-electron chi connectivity index (χ4n) is 3.58. The highest BCUT2D eigenvalue weighted by molar-refractivity contribution is 7.19. The summed E-state index contributed by atoms with van der Waals surface area (Å²) >= 11 is 1.78. The smallest absolute Gasteiger partial charge is 0.163 e. The molecule has 2 heterocycles. The highest BCUT2D eigenvalue weighted by Gasteiger charge is 2.50. The first-order valence-corrected chi connectivity index (χ1v) is 8.66. The van der Waals surface area contributed by atoms with Crippen LogP contribution in [0, 0.1) is 5.41 Å². The Kier molecular flexibility index (Phi) is 3.65. The quantitative estimate of drug-likeness (QED) is 0.926. The van der Waals surface area contributed by atoms with E-state index in [1.54, 1.807) is 18.4 Å². The van der Waals surface area contributed by atoms with Crippen molar-refractivity contribution < 1.29 is 14.6 Å². The van der Waals surface area contributed by atoms with Gasteiger partial charge in [0, 0.05) is 22.1 Å². The summed E-state index contributed by atoms with van der Waals surface area (Å²) in [5.41, 5.74) is 0.764. The summed E-state index contributed by atoms with van der Waals surface area (Å²) in [7, 11) is 1.70. The topological polar surface area (TPSA) is 38.7 Å². The molecule has 3 nitrogen and oxygen atoms in total. The summed E-state index contributed by atoms with van der Waals surface area (Å²) in [5.74, 6) is 0. The fraction of sp³-hybridized carbons (Fsp3) is 0.368. The molecule has 1 N–H and O–H groups in total. The van der Waals surface area contributed by atoms with E-state index < -0.39 is 6.29 Å². The maximum atomic E-state index is 10.1. The number of fused-ring (bicyclic) bond motifs is 3. The Morgan fingerprint density at radius 3 is 2.96 bits per heavy atom. The van der Waals surface area contributed by atoms with Crippen LogP contribution < -0.4 is 0 Å². The van der Waals surface area contributed by atoms with Gasteiger partial charge in [0.1, 0.15) is 6.10 Å². The minimum atomic E-state index is -0.750. The van der Waals surface area contributed by atoms with Gasteiger partial charge in [0.25, 0.3) is 0 Å². The minimum absolute atomic E-state index is 0.0768. The molecule has 0 amide bonds. The first-order chi connectivity index (χ1) is 11.1. The van der Waals surface area contributed by atoms with Crippen molar-refractivity contribution in [1.82, 2.24) is 0 Å².